The van der Waals surface area contributed by atoms with Crippen LogP contribution in [0.2, 0.25) is 0 Å². The monoisotopic (exact) mass is 323 g/mol. The summed E-state index contributed by atoms with van der Waals surface area (Å²) in [7, 11) is 0. The van der Waals surface area contributed by atoms with E-state index in [-0.39, 0.29) is 11.8 Å². The Morgan fingerprint density at radius 1 is 0.875 bits per heavy atom. The first-order valence-corrected chi connectivity index (χ1v) is 8.12. The first-order chi connectivity index (χ1) is 11.6. The Hall–Kier alpha value is -2.69. The van der Waals surface area contributed by atoms with Crippen LogP contribution in [-0.2, 0) is 0 Å². The van der Waals surface area contributed by atoms with Crippen molar-refractivity contribution < 1.29 is 9.59 Å². The van der Waals surface area contributed by atoms with Gasteiger partial charge in [0, 0.05) is 49.7 Å². The van der Waals surface area contributed by atoms with E-state index < -0.39 is 0 Å². The Balaban J connectivity index is 1.64. The van der Waals surface area contributed by atoms with Crippen LogP contribution in [0.4, 0.5) is 0 Å². The van der Waals surface area contributed by atoms with E-state index in [4.69, 9.17) is 0 Å². The second-order valence-corrected chi connectivity index (χ2v) is 6.14. The maximum absolute atomic E-state index is 12.7. The van der Waals surface area contributed by atoms with Gasteiger partial charge in [-0.2, -0.15) is 0 Å². The third-order valence-corrected chi connectivity index (χ3v) is 4.39. The number of hydrogen-bond acceptors (Lipinski definition) is 3. The maximum Gasteiger partial charge on any atom is 0.254 e. The fourth-order valence-corrected chi connectivity index (χ4v) is 3.01. The molecule has 1 aromatic heterocycles. The van der Waals surface area contributed by atoms with Gasteiger partial charge in [0.05, 0.1) is 0 Å². The average molecular weight is 323 g/mol. The number of carbonyl (C=O) groups is 2. The summed E-state index contributed by atoms with van der Waals surface area (Å²) in [5.41, 5.74) is 3.53. The van der Waals surface area contributed by atoms with Gasteiger partial charge in [-0.25, -0.2) is 0 Å². The molecule has 3 rings (SSSR count). The lowest BCUT2D eigenvalue weighted by atomic mass is 10.0. The largest absolute Gasteiger partial charge is 0.335 e. The minimum atomic E-state index is -0.00369. The lowest BCUT2D eigenvalue weighted by Gasteiger charge is -2.35. The van der Waals surface area contributed by atoms with Crippen molar-refractivity contribution >= 4 is 11.8 Å². The van der Waals surface area contributed by atoms with E-state index in [1.165, 1.54) is 0 Å². The standard InChI is InChI=1S/C19H21N3O2/c1-14-3-4-17(15(2)13-14)19(24)22-11-9-21(10-12-22)18(23)16-5-7-20-8-6-16/h3-8,13H,9-12H2,1-2H3. The molecule has 24 heavy (non-hydrogen) atoms. The van der Waals surface area contributed by atoms with Crippen LogP contribution in [0.3, 0.4) is 0 Å². The summed E-state index contributed by atoms with van der Waals surface area (Å²) < 4.78 is 0. The molecule has 1 aromatic carbocycles. The average Bonchev–Trinajstić information content (AvgIpc) is 2.61. The van der Waals surface area contributed by atoms with Crippen LogP contribution >= 0.6 is 0 Å². The van der Waals surface area contributed by atoms with E-state index in [1.54, 1.807) is 29.4 Å². The minimum Gasteiger partial charge on any atom is -0.335 e. The van der Waals surface area contributed by atoms with Crippen molar-refractivity contribution in [2.75, 3.05) is 26.2 Å². The van der Waals surface area contributed by atoms with Crippen molar-refractivity contribution in [3.05, 3.63) is 65.0 Å². The van der Waals surface area contributed by atoms with Gasteiger partial charge in [0.25, 0.3) is 11.8 Å². The highest BCUT2D eigenvalue weighted by Gasteiger charge is 2.26. The van der Waals surface area contributed by atoms with Gasteiger partial charge in [-0.3, -0.25) is 14.6 Å². The Labute approximate surface area is 141 Å². The van der Waals surface area contributed by atoms with E-state index in [0.29, 0.717) is 31.7 Å². The Bertz CT molecular complexity index is 750. The van der Waals surface area contributed by atoms with Crippen LogP contribution in [0, 0.1) is 13.8 Å². The third-order valence-electron chi connectivity index (χ3n) is 4.39. The van der Waals surface area contributed by atoms with Crippen LogP contribution in [0.25, 0.3) is 0 Å². The van der Waals surface area contributed by atoms with Gasteiger partial charge < -0.3 is 9.80 Å². The first kappa shape index (κ1) is 16.2. The summed E-state index contributed by atoms with van der Waals surface area (Å²) in [6.07, 6.45) is 3.24. The summed E-state index contributed by atoms with van der Waals surface area (Å²) in [6.45, 7) is 6.20. The van der Waals surface area contributed by atoms with Crippen molar-refractivity contribution in [2.45, 2.75) is 13.8 Å². The van der Waals surface area contributed by atoms with E-state index in [2.05, 4.69) is 4.98 Å². The van der Waals surface area contributed by atoms with Gasteiger partial charge in [-0.05, 0) is 37.6 Å². The fraction of sp³-hybridized carbons (Fsp3) is 0.316. The Morgan fingerprint density at radius 3 is 2.04 bits per heavy atom. The summed E-state index contributed by atoms with van der Waals surface area (Å²) in [5.74, 6) is 0.0412. The van der Waals surface area contributed by atoms with Crippen molar-refractivity contribution in [3.63, 3.8) is 0 Å². The number of carbonyl (C=O) groups excluding carboxylic acids is 2. The van der Waals surface area contributed by atoms with Crippen molar-refractivity contribution in [3.8, 4) is 0 Å². The number of benzene rings is 1. The molecule has 0 spiro atoms. The van der Waals surface area contributed by atoms with Crippen LogP contribution in [0.1, 0.15) is 31.8 Å². The molecular weight excluding hydrogens is 302 g/mol. The predicted molar refractivity (Wildman–Crippen MR) is 92.0 cm³/mol. The van der Waals surface area contributed by atoms with Gasteiger partial charge in [-0.15, -0.1) is 0 Å². The molecule has 1 fully saturated rings. The molecule has 5 heteroatoms. The molecule has 1 aliphatic rings. The van der Waals surface area contributed by atoms with Crippen LogP contribution < -0.4 is 0 Å². The number of aryl methyl sites for hydroxylation is 2. The molecular formula is C19H21N3O2. The highest BCUT2D eigenvalue weighted by Crippen LogP contribution is 2.15. The van der Waals surface area contributed by atoms with Crippen molar-refractivity contribution in [1.29, 1.82) is 0 Å². The predicted octanol–water partition coefficient (Wildman–Crippen LogP) is 2.30. The zero-order valence-corrected chi connectivity index (χ0v) is 14.0. The lowest BCUT2D eigenvalue weighted by Crippen LogP contribution is -2.50. The SMILES string of the molecule is Cc1ccc(C(=O)N2CCN(C(=O)c3ccncc3)CC2)c(C)c1. The van der Waals surface area contributed by atoms with Gasteiger partial charge >= 0.3 is 0 Å². The van der Waals surface area contributed by atoms with Crippen LogP contribution in [0.15, 0.2) is 42.7 Å². The molecule has 0 unspecified atom stereocenters. The van der Waals surface area contributed by atoms with E-state index in [0.717, 1.165) is 16.7 Å². The van der Waals surface area contributed by atoms with E-state index in [9.17, 15) is 9.59 Å². The Kier molecular flexibility index (Phi) is 4.60. The molecule has 2 heterocycles. The number of aromatic nitrogens is 1. The maximum atomic E-state index is 12.7. The van der Waals surface area contributed by atoms with Gasteiger partial charge in [0.15, 0.2) is 0 Å². The summed E-state index contributed by atoms with van der Waals surface area (Å²) in [5, 5.41) is 0. The number of amides is 2. The number of rotatable bonds is 2. The molecule has 1 saturated heterocycles. The van der Waals surface area contributed by atoms with Gasteiger partial charge in [0.2, 0.25) is 0 Å². The molecule has 0 saturated carbocycles. The van der Waals surface area contributed by atoms with Crippen LogP contribution in [0.5, 0.6) is 0 Å². The molecule has 0 atom stereocenters. The lowest BCUT2D eigenvalue weighted by molar-refractivity contribution is 0.0535. The molecule has 2 amide bonds. The normalized spacial score (nSPS) is 14.6. The highest BCUT2D eigenvalue weighted by molar-refractivity contribution is 5.96. The quantitative estimate of drug-likeness (QED) is 0.852. The smallest absolute Gasteiger partial charge is 0.254 e. The second-order valence-electron chi connectivity index (χ2n) is 6.14. The molecule has 5 nitrogen and oxygen atoms in total. The van der Waals surface area contributed by atoms with E-state index >= 15 is 0 Å². The highest BCUT2D eigenvalue weighted by atomic mass is 16.2. The van der Waals surface area contributed by atoms with Gasteiger partial charge in [-0.1, -0.05) is 17.7 Å². The van der Waals surface area contributed by atoms with Crippen molar-refractivity contribution in [2.24, 2.45) is 0 Å². The first-order valence-electron chi connectivity index (χ1n) is 8.12. The molecule has 0 bridgehead atoms. The second kappa shape index (κ2) is 6.83. The van der Waals surface area contributed by atoms with Crippen LogP contribution in [-0.4, -0.2) is 52.8 Å². The van der Waals surface area contributed by atoms with E-state index in [1.807, 2.05) is 36.9 Å². The summed E-state index contributed by atoms with van der Waals surface area (Å²) in [4.78, 5) is 32.7. The molecule has 124 valence electrons. The summed E-state index contributed by atoms with van der Waals surface area (Å²) >= 11 is 0. The topological polar surface area (TPSA) is 53.5 Å². The number of piperazine rings is 1. The Morgan fingerprint density at radius 2 is 1.46 bits per heavy atom. The number of nitrogens with zero attached hydrogens (tertiary/aromatic N) is 3. The number of pyridine rings is 1. The molecule has 0 aliphatic carbocycles. The zero-order chi connectivity index (χ0) is 17.1. The fourth-order valence-electron chi connectivity index (χ4n) is 3.01. The zero-order valence-electron chi connectivity index (χ0n) is 14.0. The minimum absolute atomic E-state index is 0.00369. The number of hydrogen-bond donors (Lipinski definition) is 0. The van der Waals surface area contributed by atoms with Crippen molar-refractivity contribution in [1.82, 2.24) is 14.8 Å². The third kappa shape index (κ3) is 3.30. The molecule has 0 radical (unpaired) electrons. The molecule has 0 N–H and O–H groups in total. The molecule has 1 aliphatic heterocycles. The van der Waals surface area contributed by atoms with Gasteiger partial charge in [0.1, 0.15) is 0 Å². The summed E-state index contributed by atoms with van der Waals surface area (Å²) in [6, 6.07) is 9.31. The molecule has 2 aromatic rings.